The number of ether oxygens (including phenoxy) is 1. The second-order valence-electron chi connectivity index (χ2n) is 4.45. The fraction of sp³-hybridized carbons (Fsp3) is 0.294. The van der Waals surface area contributed by atoms with Crippen LogP contribution in [0.2, 0.25) is 0 Å². The van der Waals surface area contributed by atoms with Crippen LogP contribution in [0.4, 0.5) is 0 Å². The predicted octanol–water partition coefficient (Wildman–Crippen LogP) is 3.69. The zero-order chi connectivity index (χ0) is 13.7. The molecule has 2 aromatic rings. The molecule has 19 heavy (non-hydrogen) atoms. The van der Waals surface area contributed by atoms with E-state index in [1.807, 2.05) is 43.3 Å². The van der Waals surface area contributed by atoms with Crippen LogP contribution in [0.25, 0.3) is 10.8 Å². The van der Waals surface area contributed by atoms with Gasteiger partial charge in [-0.2, -0.15) is 0 Å². The molecular formula is C17H18O2. The highest BCUT2D eigenvalue weighted by atomic mass is 16.5. The molecule has 1 unspecified atom stereocenters. The van der Waals surface area contributed by atoms with Crippen LogP contribution in [0, 0.1) is 11.8 Å². The topological polar surface area (TPSA) is 29.5 Å². The summed E-state index contributed by atoms with van der Waals surface area (Å²) >= 11 is 0. The molecule has 0 saturated heterocycles. The Morgan fingerprint density at radius 1 is 1.16 bits per heavy atom. The van der Waals surface area contributed by atoms with Gasteiger partial charge in [-0.25, -0.2) is 0 Å². The minimum absolute atomic E-state index is 0.452. The molecule has 0 radical (unpaired) electrons. The smallest absolute Gasteiger partial charge is 0.119 e. The normalized spacial score (nSPS) is 11.7. The zero-order valence-electron chi connectivity index (χ0n) is 11.3. The van der Waals surface area contributed by atoms with Gasteiger partial charge in [0.05, 0.1) is 13.2 Å². The number of hydrogen-bond donors (Lipinski definition) is 1. The summed E-state index contributed by atoms with van der Waals surface area (Å²) in [5.41, 5.74) is 0.940. The molecule has 0 aromatic heterocycles. The van der Waals surface area contributed by atoms with E-state index in [4.69, 9.17) is 4.74 Å². The van der Waals surface area contributed by atoms with E-state index in [2.05, 4.69) is 11.8 Å². The molecule has 98 valence electrons. The van der Waals surface area contributed by atoms with Gasteiger partial charge < -0.3 is 9.84 Å². The van der Waals surface area contributed by atoms with Crippen LogP contribution in [0.5, 0.6) is 5.75 Å². The molecule has 0 amide bonds. The van der Waals surface area contributed by atoms with E-state index in [-0.39, 0.29) is 0 Å². The van der Waals surface area contributed by atoms with E-state index in [0.29, 0.717) is 6.42 Å². The highest BCUT2D eigenvalue weighted by molar-refractivity contribution is 5.84. The van der Waals surface area contributed by atoms with E-state index >= 15 is 0 Å². The van der Waals surface area contributed by atoms with Crippen LogP contribution in [0.1, 0.15) is 31.4 Å². The largest absolute Gasteiger partial charge is 0.497 e. The maximum atomic E-state index is 10.1. The van der Waals surface area contributed by atoms with E-state index in [1.165, 1.54) is 0 Å². The molecule has 0 saturated carbocycles. The molecule has 1 N–H and O–H groups in total. The van der Waals surface area contributed by atoms with Crippen molar-refractivity contribution in [2.75, 3.05) is 7.11 Å². The molecule has 2 nitrogen and oxygen atoms in total. The highest BCUT2D eigenvalue weighted by Crippen LogP contribution is 2.25. The molecule has 0 fully saturated rings. The van der Waals surface area contributed by atoms with Gasteiger partial charge in [0.15, 0.2) is 0 Å². The van der Waals surface area contributed by atoms with Crippen LogP contribution < -0.4 is 4.74 Å². The number of benzene rings is 2. The van der Waals surface area contributed by atoms with Crippen LogP contribution in [0.15, 0.2) is 36.4 Å². The van der Waals surface area contributed by atoms with Crippen molar-refractivity contribution in [1.82, 2.24) is 0 Å². The fourth-order valence-corrected chi connectivity index (χ4v) is 2.08. The lowest BCUT2D eigenvalue weighted by Crippen LogP contribution is -1.96. The van der Waals surface area contributed by atoms with E-state index in [9.17, 15) is 5.11 Å². The van der Waals surface area contributed by atoms with E-state index in [1.54, 1.807) is 7.11 Å². The third kappa shape index (κ3) is 3.27. The van der Waals surface area contributed by atoms with Gasteiger partial charge in [-0.15, -0.1) is 11.8 Å². The van der Waals surface area contributed by atoms with Crippen molar-refractivity contribution in [3.63, 3.8) is 0 Å². The third-order valence-electron chi connectivity index (χ3n) is 3.18. The first-order valence-electron chi connectivity index (χ1n) is 6.40. The minimum Gasteiger partial charge on any atom is -0.497 e. The molecule has 1 atom stereocenters. The summed E-state index contributed by atoms with van der Waals surface area (Å²) in [6.45, 7) is 1.82. The highest BCUT2D eigenvalue weighted by Gasteiger charge is 2.07. The number of rotatable bonds is 4. The molecule has 2 aromatic carbocycles. The quantitative estimate of drug-likeness (QED) is 0.843. The number of methoxy groups -OCH3 is 1. The van der Waals surface area contributed by atoms with Crippen molar-refractivity contribution in [3.8, 4) is 17.6 Å². The molecule has 0 bridgehead atoms. The summed E-state index contributed by atoms with van der Waals surface area (Å²) in [7, 11) is 1.66. The number of hydrogen-bond acceptors (Lipinski definition) is 2. The van der Waals surface area contributed by atoms with Crippen molar-refractivity contribution in [3.05, 3.63) is 42.0 Å². The first-order valence-corrected chi connectivity index (χ1v) is 6.40. The number of aliphatic hydroxyl groups excluding tert-OH is 1. The van der Waals surface area contributed by atoms with Crippen molar-refractivity contribution in [2.24, 2.45) is 0 Å². The lowest BCUT2D eigenvalue weighted by molar-refractivity contribution is 0.169. The standard InChI is InChI=1S/C17H18O2/c1-3-4-5-6-17(18)15-8-7-14-12-16(19-2)10-9-13(14)11-15/h7-12,17-18H,5-6H2,1-2H3. The van der Waals surface area contributed by atoms with E-state index in [0.717, 1.165) is 28.5 Å². The Bertz CT molecular complexity index is 620. The van der Waals surface area contributed by atoms with Crippen molar-refractivity contribution >= 4 is 10.8 Å². The second kappa shape index (κ2) is 6.26. The Hall–Kier alpha value is -1.98. The van der Waals surface area contributed by atoms with Gasteiger partial charge in [-0.3, -0.25) is 0 Å². The summed E-state index contributed by atoms with van der Waals surface area (Å²) in [5, 5.41) is 12.3. The Kier molecular flexibility index (Phi) is 4.43. The van der Waals surface area contributed by atoms with Crippen LogP contribution in [-0.4, -0.2) is 12.2 Å². The Balaban J connectivity index is 2.22. The first-order chi connectivity index (χ1) is 9.24. The predicted molar refractivity (Wildman–Crippen MR) is 78.1 cm³/mol. The van der Waals surface area contributed by atoms with Gasteiger partial charge >= 0.3 is 0 Å². The monoisotopic (exact) mass is 254 g/mol. The van der Waals surface area contributed by atoms with Crippen LogP contribution >= 0.6 is 0 Å². The SMILES string of the molecule is CC#CCCC(O)c1ccc2cc(OC)ccc2c1. The van der Waals surface area contributed by atoms with Crippen molar-refractivity contribution in [1.29, 1.82) is 0 Å². The van der Waals surface area contributed by atoms with Crippen molar-refractivity contribution < 1.29 is 9.84 Å². The first kappa shape index (κ1) is 13.5. The summed E-state index contributed by atoms with van der Waals surface area (Å²) in [6.07, 6.45) is 0.938. The van der Waals surface area contributed by atoms with Gasteiger partial charge in [0.1, 0.15) is 5.75 Å². The fourth-order valence-electron chi connectivity index (χ4n) is 2.08. The van der Waals surface area contributed by atoms with Gasteiger partial charge in [-0.05, 0) is 47.9 Å². The lowest BCUT2D eigenvalue weighted by Gasteiger charge is -2.11. The molecule has 2 heteroatoms. The Labute approximate surface area is 114 Å². The van der Waals surface area contributed by atoms with Crippen LogP contribution in [-0.2, 0) is 0 Å². The molecule has 2 rings (SSSR count). The number of aliphatic hydroxyl groups is 1. The van der Waals surface area contributed by atoms with Crippen LogP contribution in [0.3, 0.4) is 0 Å². The van der Waals surface area contributed by atoms with Gasteiger partial charge in [0.25, 0.3) is 0 Å². The summed E-state index contributed by atoms with van der Waals surface area (Å²) in [5.74, 6) is 6.66. The van der Waals surface area contributed by atoms with Crippen molar-refractivity contribution in [2.45, 2.75) is 25.9 Å². The van der Waals surface area contributed by atoms with E-state index < -0.39 is 6.10 Å². The summed E-state index contributed by atoms with van der Waals surface area (Å²) in [4.78, 5) is 0. The average Bonchev–Trinajstić information content (AvgIpc) is 2.46. The summed E-state index contributed by atoms with van der Waals surface area (Å²) < 4.78 is 5.20. The maximum absolute atomic E-state index is 10.1. The minimum atomic E-state index is -0.452. The molecule has 0 heterocycles. The molecular weight excluding hydrogens is 236 g/mol. The van der Waals surface area contributed by atoms with Gasteiger partial charge in [0, 0.05) is 6.42 Å². The van der Waals surface area contributed by atoms with Gasteiger partial charge in [-0.1, -0.05) is 18.2 Å². The Morgan fingerprint density at radius 3 is 2.63 bits per heavy atom. The average molecular weight is 254 g/mol. The number of fused-ring (bicyclic) bond motifs is 1. The molecule has 0 aliphatic rings. The summed E-state index contributed by atoms with van der Waals surface area (Å²) in [6, 6.07) is 11.9. The maximum Gasteiger partial charge on any atom is 0.119 e. The molecule has 0 aliphatic carbocycles. The Morgan fingerprint density at radius 2 is 1.89 bits per heavy atom. The van der Waals surface area contributed by atoms with Gasteiger partial charge in [0.2, 0.25) is 0 Å². The second-order valence-corrected chi connectivity index (χ2v) is 4.45. The molecule has 0 aliphatic heterocycles. The third-order valence-corrected chi connectivity index (χ3v) is 3.18. The lowest BCUT2D eigenvalue weighted by atomic mass is 10.0. The zero-order valence-corrected chi connectivity index (χ0v) is 11.3. The molecule has 0 spiro atoms.